The fraction of sp³-hybridized carbons (Fsp3) is 0.833. The Bertz CT molecular complexity index is 422. The average Bonchev–Trinajstić information content (AvgIpc) is 3.01. The summed E-state index contributed by atoms with van der Waals surface area (Å²) in [6.07, 6.45) is -1.73. The molecule has 20 heavy (non-hydrogen) atoms. The van der Waals surface area contributed by atoms with E-state index in [2.05, 4.69) is 14.9 Å². The lowest BCUT2D eigenvalue weighted by Crippen LogP contribution is -2.29. The highest BCUT2D eigenvalue weighted by atomic mass is 19.4. The van der Waals surface area contributed by atoms with Crippen LogP contribution in [-0.4, -0.2) is 47.5 Å². The molecule has 5 nitrogen and oxygen atoms in total. The lowest BCUT2D eigenvalue weighted by molar-refractivity contribution is -0.174. The molecular weight excluding hydrogens is 275 g/mol. The molecule has 1 aromatic rings. The molecule has 1 saturated heterocycles. The minimum Gasteiger partial charge on any atom is -0.371 e. The summed E-state index contributed by atoms with van der Waals surface area (Å²) >= 11 is 0. The summed E-state index contributed by atoms with van der Waals surface area (Å²) in [5, 5.41) is 3.94. The molecule has 1 aliphatic heterocycles. The molecule has 0 amide bonds. The minimum atomic E-state index is -4.27. The van der Waals surface area contributed by atoms with Crippen LogP contribution in [0.5, 0.6) is 0 Å². The first-order valence-corrected chi connectivity index (χ1v) is 6.70. The third kappa shape index (κ3) is 4.17. The molecule has 2 heterocycles. The minimum absolute atomic E-state index is 0.0218. The smallest absolute Gasteiger partial charge is 0.371 e. The maximum Gasteiger partial charge on any atom is 0.411 e. The van der Waals surface area contributed by atoms with Gasteiger partial charge in [0.2, 0.25) is 5.89 Å². The van der Waals surface area contributed by atoms with E-state index in [0.717, 1.165) is 19.4 Å². The maximum atomic E-state index is 12.0. The lowest BCUT2D eigenvalue weighted by atomic mass is 10.2. The Hall–Kier alpha value is -1.15. The Morgan fingerprint density at radius 3 is 2.90 bits per heavy atom. The van der Waals surface area contributed by atoms with Gasteiger partial charge in [-0.15, -0.1) is 0 Å². The number of nitrogens with zero attached hydrogens (tertiary/aromatic N) is 3. The molecule has 0 aromatic carbocycles. The molecule has 8 heteroatoms. The van der Waals surface area contributed by atoms with E-state index in [0.29, 0.717) is 24.7 Å². The van der Waals surface area contributed by atoms with Crippen LogP contribution in [-0.2, 0) is 11.2 Å². The highest BCUT2D eigenvalue weighted by Crippen LogP contribution is 2.29. The Morgan fingerprint density at radius 2 is 2.25 bits per heavy atom. The van der Waals surface area contributed by atoms with Crippen LogP contribution >= 0.6 is 0 Å². The normalized spacial score (nSPS) is 20.7. The molecule has 1 atom stereocenters. The number of alkyl halides is 3. The van der Waals surface area contributed by atoms with E-state index in [1.807, 2.05) is 11.8 Å². The Balaban J connectivity index is 1.81. The SMILES string of the molecule is CCc1nc([C@@H]2CCCN2CCOCC(F)(F)F)no1. The number of hydrogen-bond donors (Lipinski definition) is 0. The van der Waals surface area contributed by atoms with Gasteiger partial charge in [0.25, 0.3) is 0 Å². The molecule has 0 unspecified atom stereocenters. The van der Waals surface area contributed by atoms with Crippen molar-refractivity contribution in [2.75, 3.05) is 26.3 Å². The molecule has 0 aliphatic carbocycles. The zero-order valence-electron chi connectivity index (χ0n) is 11.3. The third-order valence-electron chi connectivity index (χ3n) is 3.24. The van der Waals surface area contributed by atoms with Gasteiger partial charge in [-0.2, -0.15) is 18.2 Å². The summed E-state index contributed by atoms with van der Waals surface area (Å²) in [6, 6.07) is 0.0218. The van der Waals surface area contributed by atoms with Gasteiger partial charge in [0, 0.05) is 13.0 Å². The van der Waals surface area contributed by atoms with E-state index in [-0.39, 0.29) is 12.6 Å². The Kier molecular flexibility index (Phi) is 4.98. The molecular formula is C12H18F3N3O2. The standard InChI is InChI=1S/C12H18F3N3O2/c1-2-10-16-11(17-20-10)9-4-3-5-18(9)6-7-19-8-12(13,14)15/h9H,2-8H2,1H3/t9-/m0/s1. The maximum absolute atomic E-state index is 12.0. The van der Waals surface area contributed by atoms with Gasteiger partial charge in [-0.25, -0.2) is 0 Å². The zero-order valence-corrected chi connectivity index (χ0v) is 11.3. The van der Waals surface area contributed by atoms with Crippen molar-refractivity contribution >= 4 is 0 Å². The first-order chi connectivity index (χ1) is 9.49. The molecule has 0 saturated carbocycles. The molecule has 1 fully saturated rings. The second kappa shape index (κ2) is 6.53. The number of aryl methyl sites for hydroxylation is 1. The molecule has 114 valence electrons. The van der Waals surface area contributed by atoms with E-state index in [9.17, 15) is 13.2 Å². The van der Waals surface area contributed by atoms with Gasteiger partial charge in [-0.05, 0) is 19.4 Å². The van der Waals surface area contributed by atoms with Gasteiger partial charge in [-0.1, -0.05) is 12.1 Å². The Labute approximate surface area is 115 Å². The summed E-state index contributed by atoms with van der Waals surface area (Å²) in [7, 11) is 0. The van der Waals surface area contributed by atoms with Crippen LogP contribution in [0.15, 0.2) is 4.52 Å². The van der Waals surface area contributed by atoms with Gasteiger partial charge < -0.3 is 9.26 Å². The van der Waals surface area contributed by atoms with Gasteiger partial charge >= 0.3 is 6.18 Å². The molecule has 0 bridgehead atoms. The predicted octanol–water partition coefficient (Wildman–Crippen LogP) is 2.35. The van der Waals surface area contributed by atoms with Crippen molar-refractivity contribution in [3.8, 4) is 0 Å². The topological polar surface area (TPSA) is 51.4 Å². The van der Waals surface area contributed by atoms with Crippen LogP contribution in [0.25, 0.3) is 0 Å². The highest BCUT2D eigenvalue weighted by Gasteiger charge is 2.31. The number of rotatable bonds is 6. The van der Waals surface area contributed by atoms with E-state index < -0.39 is 12.8 Å². The lowest BCUT2D eigenvalue weighted by Gasteiger charge is -2.21. The van der Waals surface area contributed by atoms with Crippen molar-refractivity contribution < 1.29 is 22.4 Å². The van der Waals surface area contributed by atoms with Gasteiger partial charge in [0.05, 0.1) is 12.6 Å². The summed E-state index contributed by atoms with van der Waals surface area (Å²) in [5.41, 5.74) is 0. The molecule has 1 aromatic heterocycles. The van der Waals surface area contributed by atoms with Crippen LogP contribution in [0.4, 0.5) is 13.2 Å². The Morgan fingerprint density at radius 1 is 1.45 bits per heavy atom. The van der Waals surface area contributed by atoms with E-state index in [1.165, 1.54) is 0 Å². The number of halogens is 3. The number of ether oxygens (including phenoxy) is 1. The van der Waals surface area contributed by atoms with Crippen LogP contribution in [0.2, 0.25) is 0 Å². The van der Waals surface area contributed by atoms with Crippen LogP contribution in [0.1, 0.15) is 37.5 Å². The van der Waals surface area contributed by atoms with E-state index in [4.69, 9.17) is 4.52 Å². The van der Waals surface area contributed by atoms with Crippen LogP contribution < -0.4 is 0 Å². The average molecular weight is 293 g/mol. The second-order valence-electron chi connectivity index (χ2n) is 4.76. The molecule has 0 N–H and O–H groups in total. The van der Waals surface area contributed by atoms with Crippen LogP contribution in [0.3, 0.4) is 0 Å². The van der Waals surface area contributed by atoms with Crippen molar-refractivity contribution in [2.45, 2.75) is 38.4 Å². The van der Waals surface area contributed by atoms with E-state index >= 15 is 0 Å². The van der Waals surface area contributed by atoms with Crippen molar-refractivity contribution in [3.05, 3.63) is 11.7 Å². The van der Waals surface area contributed by atoms with E-state index in [1.54, 1.807) is 0 Å². The van der Waals surface area contributed by atoms with Crippen molar-refractivity contribution in [1.82, 2.24) is 15.0 Å². The monoisotopic (exact) mass is 293 g/mol. The fourth-order valence-electron chi connectivity index (χ4n) is 2.30. The predicted molar refractivity (Wildman–Crippen MR) is 64.1 cm³/mol. The quantitative estimate of drug-likeness (QED) is 0.754. The fourth-order valence-corrected chi connectivity index (χ4v) is 2.30. The van der Waals surface area contributed by atoms with Gasteiger partial charge in [0.15, 0.2) is 5.82 Å². The molecule has 2 rings (SSSR count). The van der Waals surface area contributed by atoms with Crippen LogP contribution in [0, 0.1) is 0 Å². The van der Waals surface area contributed by atoms with Crippen molar-refractivity contribution in [1.29, 1.82) is 0 Å². The van der Waals surface area contributed by atoms with Crippen molar-refractivity contribution in [2.24, 2.45) is 0 Å². The third-order valence-corrected chi connectivity index (χ3v) is 3.24. The summed E-state index contributed by atoms with van der Waals surface area (Å²) in [4.78, 5) is 6.33. The van der Waals surface area contributed by atoms with Gasteiger partial charge in [0.1, 0.15) is 6.61 Å². The number of aromatic nitrogens is 2. The number of likely N-dealkylation sites (tertiary alicyclic amines) is 1. The molecule has 0 spiro atoms. The summed E-state index contributed by atoms with van der Waals surface area (Å²) < 4.78 is 45.6. The second-order valence-corrected chi connectivity index (χ2v) is 4.76. The summed E-state index contributed by atoms with van der Waals surface area (Å²) in [6.45, 7) is 2.03. The highest BCUT2D eigenvalue weighted by molar-refractivity contribution is 4.98. The molecule has 1 aliphatic rings. The zero-order chi connectivity index (χ0) is 14.6. The first kappa shape index (κ1) is 15.2. The van der Waals surface area contributed by atoms with Gasteiger partial charge in [-0.3, -0.25) is 4.90 Å². The first-order valence-electron chi connectivity index (χ1n) is 6.70. The summed E-state index contributed by atoms with van der Waals surface area (Å²) in [5.74, 6) is 1.20. The molecule has 0 radical (unpaired) electrons. The van der Waals surface area contributed by atoms with Crippen molar-refractivity contribution in [3.63, 3.8) is 0 Å². The largest absolute Gasteiger partial charge is 0.411 e. The number of hydrogen-bond acceptors (Lipinski definition) is 5.